The number of sulfonamides is 1. The van der Waals surface area contributed by atoms with Gasteiger partial charge in [-0.1, -0.05) is 19.8 Å². The molecule has 0 unspecified atom stereocenters. The van der Waals surface area contributed by atoms with Gasteiger partial charge in [-0.05, 0) is 42.9 Å². The normalized spacial score (nSPS) is 17.8. The highest BCUT2D eigenvalue weighted by atomic mass is 32.2. The van der Waals surface area contributed by atoms with E-state index < -0.39 is 10.0 Å². The number of rotatable bonds is 6. The minimum atomic E-state index is -3.62. The van der Waals surface area contributed by atoms with Crippen molar-refractivity contribution < 1.29 is 13.2 Å². The molecule has 0 atom stereocenters. The van der Waals surface area contributed by atoms with Gasteiger partial charge >= 0.3 is 0 Å². The Bertz CT molecular complexity index is 593. The number of nitrogen functional groups attached to an aromatic ring is 1. The molecule has 1 aromatic carbocycles. The van der Waals surface area contributed by atoms with E-state index in [0.717, 1.165) is 19.3 Å². The molecule has 0 aliphatic heterocycles. The standard InChI is InChI=1S/C15H24N2O3S/c1-3-15(8-4-5-9-15)11-17-21(18,19)14-10-12(16)6-7-13(14)20-2/h6-7,10,17H,3-5,8-9,11,16H2,1-2H3. The van der Waals surface area contributed by atoms with Gasteiger partial charge in [-0.25, -0.2) is 13.1 Å². The molecule has 5 nitrogen and oxygen atoms in total. The van der Waals surface area contributed by atoms with Crippen LogP contribution in [0, 0.1) is 5.41 Å². The maximum absolute atomic E-state index is 12.5. The maximum Gasteiger partial charge on any atom is 0.244 e. The lowest BCUT2D eigenvalue weighted by atomic mass is 9.84. The minimum absolute atomic E-state index is 0.0978. The average Bonchev–Trinajstić information content (AvgIpc) is 2.95. The lowest BCUT2D eigenvalue weighted by molar-refractivity contribution is 0.285. The van der Waals surface area contributed by atoms with Crippen molar-refractivity contribution in [1.29, 1.82) is 0 Å². The second kappa shape index (κ2) is 6.23. The van der Waals surface area contributed by atoms with Crippen molar-refractivity contribution in [3.05, 3.63) is 18.2 Å². The second-order valence-electron chi connectivity index (χ2n) is 5.80. The molecule has 1 aliphatic rings. The average molecular weight is 312 g/mol. The van der Waals surface area contributed by atoms with Gasteiger partial charge < -0.3 is 10.5 Å². The summed E-state index contributed by atoms with van der Waals surface area (Å²) in [5, 5.41) is 0. The van der Waals surface area contributed by atoms with E-state index in [4.69, 9.17) is 10.5 Å². The zero-order chi connectivity index (χ0) is 15.5. The van der Waals surface area contributed by atoms with E-state index in [1.165, 1.54) is 26.0 Å². The fourth-order valence-corrected chi connectivity index (χ4v) is 4.37. The Balaban J connectivity index is 2.20. The highest BCUT2D eigenvalue weighted by molar-refractivity contribution is 7.89. The van der Waals surface area contributed by atoms with Gasteiger partial charge in [-0.3, -0.25) is 0 Å². The summed E-state index contributed by atoms with van der Waals surface area (Å²) < 4.78 is 32.9. The van der Waals surface area contributed by atoms with Crippen molar-refractivity contribution in [2.45, 2.75) is 43.9 Å². The molecule has 0 heterocycles. The molecule has 3 N–H and O–H groups in total. The molecule has 1 fully saturated rings. The topological polar surface area (TPSA) is 81.4 Å². The van der Waals surface area contributed by atoms with Crippen LogP contribution in [0.4, 0.5) is 5.69 Å². The monoisotopic (exact) mass is 312 g/mol. The van der Waals surface area contributed by atoms with Crippen LogP contribution in [-0.4, -0.2) is 22.1 Å². The number of hydrogen-bond donors (Lipinski definition) is 2. The third kappa shape index (κ3) is 3.49. The van der Waals surface area contributed by atoms with Crippen molar-refractivity contribution in [2.24, 2.45) is 5.41 Å². The first kappa shape index (κ1) is 16.1. The van der Waals surface area contributed by atoms with Gasteiger partial charge in [0.25, 0.3) is 0 Å². The number of nitrogens with two attached hydrogens (primary N) is 1. The SMILES string of the molecule is CCC1(CNS(=O)(=O)c2cc(N)ccc2OC)CCCC1. The van der Waals surface area contributed by atoms with Gasteiger partial charge in [0.2, 0.25) is 10.0 Å². The third-order valence-electron chi connectivity index (χ3n) is 4.53. The van der Waals surface area contributed by atoms with Crippen LogP contribution in [0.1, 0.15) is 39.0 Å². The quantitative estimate of drug-likeness (QED) is 0.791. The summed E-state index contributed by atoms with van der Waals surface area (Å²) in [6.07, 6.45) is 5.51. The van der Waals surface area contributed by atoms with Gasteiger partial charge in [0.15, 0.2) is 0 Å². The summed E-state index contributed by atoms with van der Waals surface area (Å²) >= 11 is 0. The number of ether oxygens (including phenoxy) is 1. The van der Waals surface area contributed by atoms with Crippen LogP contribution in [0.25, 0.3) is 0 Å². The molecule has 21 heavy (non-hydrogen) atoms. The molecular weight excluding hydrogens is 288 g/mol. The van der Waals surface area contributed by atoms with Gasteiger partial charge in [-0.2, -0.15) is 0 Å². The zero-order valence-corrected chi connectivity index (χ0v) is 13.5. The lowest BCUT2D eigenvalue weighted by Gasteiger charge is -2.27. The summed E-state index contributed by atoms with van der Waals surface area (Å²) in [5.74, 6) is 0.314. The van der Waals surface area contributed by atoms with Gasteiger partial charge in [0.05, 0.1) is 7.11 Å². The molecule has 118 valence electrons. The van der Waals surface area contributed by atoms with E-state index in [1.807, 2.05) is 0 Å². The Morgan fingerprint density at radius 1 is 1.33 bits per heavy atom. The van der Waals surface area contributed by atoms with Crippen molar-refractivity contribution in [2.75, 3.05) is 19.4 Å². The van der Waals surface area contributed by atoms with Crippen LogP contribution < -0.4 is 15.2 Å². The van der Waals surface area contributed by atoms with Crippen LogP contribution in [-0.2, 0) is 10.0 Å². The van der Waals surface area contributed by atoms with Crippen LogP contribution in [0.2, 0.25) is 0 Å². The fraction of sp³-hybridized carbons (Fsp3) is 0.600. The maximum atomic E-state index is 12.5. The molecule has 0 radical (unpaired) electrons. The Morgan fingerprint density at radius 2 is 2.00 bits per heavy atom. The molecule has 0 amide bonds. The van der Waals surface area contributed by atoms with Crippen LogP contribution in [0.15, 0.2) is 23.1 Å². The summed E-state index contributed by atoms with van der Waals surface area (Å²) in [6, 6.07) is 4.64. The highest BCUT2D eigenvalue weighted by Crippen LogP contribution is 2.40. The molecule has 1 aromatic rings. The molecule has 1 aliphatic carbocycles. The first-order chi connectivity index (χ1) is 9.92. The summed E-state index contributed by atoms with van der Waals surface area (Å²) in [6.45, 7) is 2.60. The van der Waals surface area contributed by atoms with Crippen molar-refractivity contribution >= 4 is 15.7 Å². The Labute approximate surface area is 126 Å². The number of hydrogen-bond acceptors (Lipinski definition) is 4. The third-order valence-corrected chi connectivity index (χ3v) is 5.95. The Hall–Kier alpha value is -1.27. The van der Waals surface area contributed by atoms with E-state index >= 15 is 0 Å². The number of anilines is 1. The molecule has 0 bridgehead atoms. The fourth-order valence-electron chi connectivity index (χ4n) is 3.01. The zero-order valence-electron chi connectivity index (χ0n) is 12.7. The first-order valence-electron chi connectivity index (χ1n) is 7.36. The highest BCUT2D eigenvalue weighted by Gasteiger charge is 2.33. The summed E-state index contributed by atoms with van der Waals surface area (Å²) in [5.41, 5.74) is 6.20. The smallest absolute Gasteiger partial charge is 0.244 e. The lowest BCUT2D eigenvalue weighted by Crippen LogP contribution is -2.35. The van der Waals surface area contributed by atoms with Crippen molar-refractivity contribution in [3.8, 4) is 5.75 Å². The van der Waals surface area contributed by atoms with E-state index in [0.29, 0.717) is 18.0 Å². The van der Waals surface area contributed by atoms with Crippen molar-refractivity contribution in [3.63, 3.8) is 0 Å². The van der Waals surface area contributed by atoms with E-state index in [1.54, 1.807) is 12.1 Å². The molecular formula is C15H24N2O3S. The van der Waals surface area contributed by atoms with Gasteiger partial charge in [0, 0.05) is 12.2 Å². The Kier molecular flexibility index (Phi) is 4.78. The van der Waals surface area contributed by atoms with Crippen molar-refractivity contribution in [1.82, 2.24) is 4.72 Å². The molecule has 0 saturated heterocycles. The Morgan fingerprint density at radius 3 is 2.57 bits per heavy atom. The molecule has 1 saturated carbocycles. The van der Waals surface area contributed by atoms with E-state index in [9.17, 15) is 8.42 Å². The predicted molar refractivity (Wildman–Crippen MR) is 83.8 cm³/mol. The second-order valence-corrected chi connectivity index (χ2v) is 7.53. The summed E-state index contributed by atoms with van der Waals surface area (Å²) in [7, 11) is -2.16. The van der Waals surface area contributed by atoms with Gasteiger partial charge in [0.1, 0.15) is 10.6 Å². The number of methoxy groups -OCH3 is 1. The van der Waals surface area contributed by atoms with Crippen LogP contribution >= 0.6 is 0 Å². The van der Waals surface area contributed by atoms with Crippen LogP contribution in [0.5, 0.6) is 5.75 Å². The molecule has 0 aromatic heterocycles. The minimum Gasteiger partial charge on any atom is -0.495 e. The molecule has 6 heteroatoms. The molecule has 2 rings (SSSR count). The number of benzene rings is 1. The molecule has 0 spiro atoms. The van der Waals surface area contributed by atoms with Crippen LogP contribution in [0.3, 0.4) is 0 Å². The first-order valence-corrected chi connectivity index (χ1v) is 8.84. The summed E-state index contributed by atoms with van der Waals surface area (Å²) in [4.78, 5) is 0.106. The predicted octanol–water partition coefficient (Wildman–Crippen LogP) is 2.53. The number of nitrogens with one attached hydrogen (secondary N) is 1. The van der Waals surface area contributed by atoms with Gasteiger partial charge in [-0.15, -0.1) is 0 Å². The van der Waals surface area contributed by atoms with E-state index in [-0.39, 0.29) is 10.3 Å². The largest absolute Gasteiger partial charge is 0.495 e. The van der Waals surface area contributed by atoms with E-state index in [2.05, 4.69) is 11.6 Å².